The van der Waals surface area contributed by atoms with E-state index in [0.717, 1.165) is 5.56 Å². The fourth-order valence-electron chi connectivity index (χ4n) is 7.33. The second-order valence-corrected chi connectivity index (χ2v) is 18.1. The number of hydrogen-bond acceptors (Lipinski definition) is 7. The molecule has 8 aromatic rings. The van der Waals surface area contributed by atoms with Crippen molar-refractivity contribution in [2.45, 2.75) is 19.8 Å². The van der Waals surface area contributed by atoms with Crippen LogP contribution in [0.25, 0.3) is 89.7 Å². The lowest BCUT2D eigenvalue weighted by Gasteiger charge is -2.18. The number of aromatic amines is 2. The molecule has 0 saturated heterocycles. The molecule has 2 N–H and O–H groups in total. The summed E-state index contributed by atoms with van der Waals surface area (Å²) in [5.41, 5.74) is 2.81. The molecular formula is C41H17Cl11N8O. The van der Waals surface area contributed by atoms with Gasteiger partial charge in [-0.25, -0.2) is 29.9 Å². The van der Waals surface area contributed by atoms with Gasteiger partial charge in [0, 0.05) is 10.8 Å². The normalized spacial score (nSPS) is 12.2. The van der Waals surface area contributed by atoms with Crippen molar-refractivity contribution in [2.75, 3.05) is 0 Å². The van der Waals surface area contributed by atoms with Gasteiger partial charge in [0.2, 0.25) is 0 Å². The molecule has 2 aliphatic rings. The third kappa shape index (κ3) is 6.34. The minimum atomic E-state index is -0.0412. The minimum Gasteiger partial charge on any atom is -0.454 e. The third-order valence-electron chi connectivity index (χ3n) is 10.1. The van der Waals surface area contributed by atoms with Crippen LogP contribution in [0.4, 0.5) is 0 Å². The zero-order valence-corrected chi connectivity index (χ0v) is 38.8. The maximum atomic E-state index is 7.33. The molecule has 5 aromatic carbocycles. The van der Waals surface area contributed by atoms with Gasteiger partial charge in [0.1, 0.15) is 33.4 Å². The molecule has 0 aliphatic carbocycles. The molecule has 61 heavy (non-hydrogen) atoms. The van der Waals surface area contributed by atoms with E-state index in [1.165, 1.54) is 0 Å². The smallest absolute Gasteiger partial charge is 0.166 e. The van der Waals surface area contributed by atoms with Gasteiger partial charge in [0.05, 0.1) is 83.3 Å². The third-order valence-corrected chi connectivity index (χ3v) is 14.9. The summed E-state index contributed by atoms with van der Waals surface area (Å²) in [5, 5.41) is 1.85. The number of aromatic nitrogens is 8. The van der Waals surface area contributed by atoms with E-state index in [0.29, 0.717) is 27.8 Å². The van der Waals surface area contributed by atoms with E-state index in [9.17, 15) is 0 Å². The van der Waals surface area contributed by atoms with Gasteiger partial charge in [0.15, 0.2) is 29.0 Å². The first-order valence-corrected chi connectivity index (χ1v) is 21.9. The average molecular weight is 1030 g/mol. The van der Waals surface area contributed by atoms with Crippen molar-refractivity contribution >= 4 is 172 Å². The first kappa shape index (κ1) is 41.5. The highest BCUT2D eigenvalue weighted by atomic mass is 35.5. The van der Waals surface area contributed by atoms with Crippen LogP contribution in [0, 0.1) is 0 Å². The van der Waals surface area contributed by atoms with E-state index in [4.69, 9.17) is 162 Å². The Bertz CT molecular complexity index is 3480. The molecular weight excluding hydrogens is 1010 g/mol. The molecule has 0 saturated carbocycles. The van der Waals surface area contributed by atoms with Crippen LogP contribution >= 0.6 is 128 Å². The van der Waals surface area contributed by atoms with Gasteiger partial charge in [0.25, 0.3) is 0 Å². The van der Waals surface area contributed by atoms with Crippen LogP contribution in [-0.4, -0.2) is 39.9 Å². The monoisotopic (exact) mass is 1020 g/mol. The molecule has 2 aliphatic heterocycles. The Hall–Kier alpha value is -3.55. The number of halogens is 11. The highest BCUT2D eigenvalue weighted by Crippen LogP contribution is 2.55. The van der Waals surface area contributed by atoms with E-state index < -0.39 is 0 Å². The highest BCUT2D eigenvalue weighted by Gasteiger charge is 2.34. The summed E-state index contributed by atoms with van der Waals surface area (Å²) in [4.78, 5) is 36.1. The molecule has 304 valence electrons. The summed E-state index contributed by atoms with van der Waals surface area (Å²) in [6, 6.07) is 14.9. The van der Waals surface area contributed by atoms with Crippen LogP contribution in [0.3, 0.4) is 0 Å². The number of H-pyrrole nitrogens is 2. The number of ether oxygens (including phenoxy) is 1. The number of hydrogen-bond donors (Lipinski definition) is 2. The van der Waals surface area contributed by atoms with Crippen molar-refractivity contribution in [1.82, 2.24) is 39.9 Å². The van der Waals surface area contributed by atoms with Gasteiger partial charge in [-0.2, -0.15) is 0 Å². The number of para-hydroxylation sites is 1. The molecule has 0 radical (unpaired) electrons. The van der Waals surface area contributed by atoms with E-state index >= 15 is 0 Å². The summed E-state index contributed by atoms with van der Waals surface area (Å²) in [5.74, 6) is 0.968. The number of rotatable bonds is 3. The van der Waals surface area contributed by atoms with Crippen LogP contribution < -0.4 is 4.74 Å². The van der Waals surface area contributed by atoms with Gasteiger partial charge in [-0.15, -0.1) is 0 Å². The molecule has 9 nitrogen and oxygen atoms in total. The summed E-state index contributed by atoms with van der Waals surface area (Å²) >= 11 is 75.8. The Balaban J connectivity index is 1.40. The lowest BCUT2D eigenvalue weighted by atomic mass is 10.0. The Morgan fingerprint density at radius 2 is 0.787 bits per heavy atom. The van der Waals surface area contributed by atoms with Crippen LogP contribution in [0.2, 0.25) is 55.2 Å². The minimum absolute atomic E-state index is 0.000130. The number of benzene rings is 5. The SMILES string of the molecule is CC(C)c1ccccc1Oc1c(Cl)c(Cl)c2c(c1Cl)-c1nc-2nc2[nH]c(nc3nc(nc4[nH]c(n1)c1c(Cl)c(Cl)c(Cl)c(Cl)c41)-c1c(Cl)c(Cl)c(Cl)c(Cl)c1-3)c1ccccc21. The molecule has 0 unspecified atom stereocenters. The number of nitrogens with one attached hydrogen (secondary N) is 2. The summed E-state index contributed by atoms with van der Waals surface area (Å²) in [6.45, 7) is 4.08. The largest absolute Gasteiger partial charge is 0.454 e. The molecule has 3 aromatic heterocycles. The molecule has 20 heteroatoms. The van der Waals surface area contributed by atoms with Crippen LogP contribution in [0.1, 0.15) is 25.3 Å². The topological polar surface area (TPSA) is 118 Å². The van der Waals surface area contributed by atoms with Crippen molar-refractivity contribution in [2.24, 2.45) is 0 Å². The predicted molar refractivity (Wildman–Crippen MR) is 252 cm³/mol. The molecule has 0 spiro atoms. The first-order valence-electron chi connectivity index (χ1n) is 17.8. The van der Waals surface area contributed by atoms with Crippen LogP contribution in [-0.2, 0) is 0 Å². The van der Waals surface area contributed by atoms with Gasteiger partial charge < -0.3 is 14.7 Å². The fourth-order valence-corrected chi connectivity index (χ4v) is 10.2. The van der Waals surface area contributed by atoms with E-state index in [1.54, 1.807) is 0 Å². The highest BCUT2D eigenvalue weighted by molar-refractivity contribution is 6.57. The summed E-state index contributed by atoms with van der Waals surface area (Å²) in [6.07, 6.45) is 0. The average Bonchev–Trinajstić information content (AvgIpc) is 3.99. The van der Waals surface area contributed by atoms with Gasteiger partial charge in [-0.3, -0.25) is 0 Å². The maximum absolute atomic E-state index is 7.33. The molecule has 0 fully saturated rings. The lowest BCUT2D eigenvalue weighted by Crippen LogP contribution is -1.97. The zero-order valence-electron chi connectivity index (χ0n) is 30.4. The fraction of sp³-hybridized carbons (Fsp3) is 0.0732. The van der Waals surface area contributed by atoms with Crippen molar-refractivity contribution in [1.29, 1.82) is 0 Å². The second kappa shape index (κ2) is 15.3. The molecule has 0 amide bonds. The predicted octanol–water partition coefficient (Wildman–Crippen LogP) is 17.0. The van der Waals surface area contributed by atoms with Crippen molar-refractivity contribution in [3.05, 3.63) is 109 Å². The number of fused-ring (bicyclic) bond motifs is 20. The molecule has 10 rings (SSSR count). The van der Waals surface area contributed by atoms with Gasteiger partial charge >= 0.3 is 0 Å². The van der Waals surface area contributed by atoms with Gasteiger partial charge in [-0.05, 0) is 17.5 Å². The van der Waals surface area contributed by atoms with Gasteiger partial charge in [-0.1, -0.05) is 184 Å². The van der Waals surface area contributed by atoms with Crippen molar-refractivity contribution in [3.8, 4) is 57.1 Å². The van der Waals surface area contributed by atoms with E-state index in [2.05, 4.69) is 9.97 Å². The Morgan fingerprint density at radius 1 is 0.410 bits per heavy atom. The summed E-state index contributed by atoms with van der Waals surface area (Å²) < 4.78 is 6.48. The zero-order chi connectivity index (χ0) is 42.9. The number of nitrogens with zero attached hydrogens (tertiary/aromatic N) is 6. The Kier molecular flexibility index (Phi) is 10.4. The molecule has 5 heterocycles. The molecule has 0 atom stereocenters. The Morgan fingerprint density at radius 3 is 1.26 bits per heavy atom. The van der Waals surface area contributed by atoms with Crippen LogP contribution in [0.15, 0.2) is 48.5 Å². The summed E-state index contributed by atoms with van der Waals surface area (Å²) in [7, 11) is 0. The van der Waals surface area contributed by atoms with E-state index in [-0.39, 0.29) is 135 Å². The standard InChI is InChI=1S/C41H17Cl11N8O/c1-11(2)12-7-5-6-10-15(12)61-33-27(47)21-20(26(46)32(33)52)37-55-35-14-9-4-3-8-13(14)34(53-35)54-36-16-17(23(43)29(49)28(48)22(16)42)38(56-36)58-39-18-19(40(59-39)60-41(21)57-37)25(45)31(51)30(50)24(18)44/h3-11H,1-2H3,(H2,53,54,55,56,57,58,59,60). The van der Waals surface area contributed by atoms with Crippen LogP contribution in [0.5, 0.6) is 11.5 Å². The Labute approximate surface area is 399 Å². The quantitative estimate of drug-likeness (QED) is 0.134. The van der Waals surface area contributed by atoms with E-state index in [1.807, 2.05) is 62.4 Å². The first-order chi connectivity index (χ1) is 29.2. The van der Waals surface area contributed by atoms with Crippen molar-refractivity contribution < 1.29 is 4.74 Å². The second-order valence-electron chi connectivity index (χ2n) is 14.0. The maximum Gasteiger partial charge on any atom is 0.166 e. The molecule has 8 bridgehead atoms. The lowest BCUT2D eigenvalue weighted by molar-refractivity contribution is 0.474. The van der Waals surface area contributed by atoms with Crippen molar-refractivity contribution in [3.63, 3.8) is 0 Å².